The Balaban J connectivity index is 1.78. The summed E-state index contributed by atoms with van der Waals surface area (Å²) < 4.78 is 0. The van der Waals surface area contributed by atoms with Gasteiger partial charge in [0.05, 0.1) is 12.1 Å². The van der Waals surface area contributed by atoms with Crippen molar-refractivity contribution in [1.29, 1.82) is 0 Å². The number of amides is 1. The van der Waals surface area contributed by atoms with Crippen LogP contribution in [0.5, 0.6) is 0 Å². The third kappa shape index (κ3) is 4.28. The van der Waals surface area contributed by atoms with E-state index >= 15 is 0 Å². The summed E-state index contributed by atoms with van der Waals surface area (Å²) in [5.41, 5.74) is 0. The first-order valence-corrected chi connectivity index (χ1v) is 8.00. The van der Waals surface area contributed by atoms with E-state index in [1.807, 2.05) is 19.2 Å². The van der Waals surface area contributed by atoms with E-state index in [0.29, 0.717) is 6.04 Å². The molecule has 106 valence electrons. The molecular weight excluding hydrogens is 258 g/mol. The van der Waals surface area contributed by atoms with E-state index in [4.69, 9.17) is 0 Å². The summed E-state index contributed by atoms with van der Waals surface area (Å²) in [5, 5.41) is 9.44. The molecule has 0 aliphatic heterocycles. The lowest BCUT2D eigenvalue weighted by Gasteiger charge is -2.25. The second kappa shape index (κ2) is 7.01. The Morgan fingerprint density at radius 3 is 2.74 bits per heavy atom. The van der Waals surface area contributed by atoms with Crippen LogP contribution in [0.1, 0.15) is 57.0 Å². The van der Waals surface area contributed by atoms with Crippen molar-refractivity contribution in [2.45, 2.75) is 64.1 Å². The molecule has 5 heteroatoms. The highest BCUT2D eigenvalue weighted by Gasteiger charge is 2.21. The minimum Gasteiger partial charge on any atom is -0.352 e. The van der Waals surface area contributed by atoms with E-state index in [9.17, 15) is 4.79 Å². The van der Waals surface area contributed by atoms with Gasteiger partial charge in [0.15, 0.2) is 0 Å². The van der Waals surface area contributed by atoms with Crippen molar-refractivity contribution < 1.29 is 4.79 Å². The lowest BCUT2D eigenvalue weighted by molar-refractivity contribution is -0.123. The maximum Gasteiger partial charge on any atom is 0.237 e. The first-order chi connectivity index (χ1) is 9.16. The SMILES string of the molecule is CC(NC(C)c1nccs1)C(=O)NC1CCCCC1. The van der Waals surface area contributed by atoms with Crippen LogP contribution in [0.25, 0.3) is 0 Å². The molecule has 1 amide bonds. The molecule has 4 nitrogen and oxygen atoms in total. The van der Waals surface area contributed by atoms with Crippen LogP contribution in [0, 0.1) is 0 Å². The predicted octanol–water partition coefficient (Wildman–Crippen LogP) is 2.63. The maximum absolute atomic E-state index is 12.1. The van der Waals surface area contributed by atoms with Gasteiger partial charge < -0.3 is 5.32 Å². The highest BCUT2D eigenvalue weighted by Crippen LogP contribution is 2.18. The van der Waals surface area contributed by atoms with Crippen molar-refractivity contribution in [2.24, 2.45) is 0 Å². The number of aromatic nitrogens is 1. The number of rotatable bonds is 5. The average molecular weight is 281 g/mol. The van der Waals surface area contributed by atoms with E-state index in [1.165, 1.54) is 19.3 Å². The Labute approximate surface area is 119 Å². The minimum atomic E-state index is -0.180. The molecule has 19 heavy (non-hydrogen) atoms. The molecule has 1 aliphatic carbocycles. The first-order valence-electron chi connectivity index (χ1n) is 7.12. The van der Waals surface area contributed by atoms with Crippen LogP contribution in [0.2, 0.25) is 0 Å². The number of carbonyl (C=O) groups is 1. The van der Waals surface area contributed by atoms with Crippen LogP contribution < -0.4 is 10.6 Å². The molecule has 1 aromatic rings. The zero-order chi connectivity index (χ0) is 13.7. The molecule has 2 unspecified atom stereocenters. The first kappa shape index (κ1) is 14.5. The Morgan fingerprint density at radius 2 is 2.11 bits per heavy atom. The summed E-state index contributed by atoms with van der Waals surface area (Å²) in [4.78, 5) is 16.4. The third-order valence-corrected chi connectivity index (χ3v) is 4.62. The van der Waals surface area contributed by atoms with E-state index in [1.54, 1.807) is 17.5 Å². The summed E-state index contributed by atoms with van der Waals surface area (Å²) >= 11 is 1.62. The van der Waals surface area contributed by atoms with Crippen LogP contribution in [0.3, 0.4) is 0 Å². The van der Waals surface area contributed by atoms with Crippen LogP contribution >= 0.6 is 11.3 Å². The normalized spacial score (nSPS) is 19.9. The van der Waals surface area contributed by atoms with Crippen molar-refractivity contribution in [1.82, 2.24) is 15.6 Å². The highest BCUT2D eigenvalue weighted by atomic mass is 32.1. The molecular formula is C14H23N3OS. The molecule has 2 atom stereocenters. The lowest BCUT2D eigenvalue weighted by atomic mass is 9.95. The monoisotopic (exact) mass is 281 g/mol. The van der Waals surface area contributed by atoms with Gasteiger partial charge in [0, 0.05) is 17.6 Å². The lowest BCUT2D eigenvalue weighted by Crippen LogP contribution is -2.47. The predicted molar refractivity (Wildman–Crippen MR) is 78.1 cm³/mol. The summed E-state index contributed by atoms with van der Waals surface area (Å²) in [6.07, 6.45) is 7.83. The van der Waals surface area contributed by atoms with Crippen molar-refractivity contribution in [3.8, 4) is 0 Å². The van der Waals surface area contributed by atoms with Gasteiger partial charge in [-0.05, 0) is 26.7 Å². The number of thiazole rings is 1. The van der Waals surface area contributed by atoms with E-state index in [2.05, 4.69) is 15.6 Å². The molecule has 0 aromatic carbocycles. The summed E-state index contributed by atoms with van der Waals surface area (Å²) in [6.45, 7) is 3.96. The maximum atomic E-state index is 12.1. The van der Waals surface area contributed by atoms with Gasteiger partial charge >= 0.3 is 0 Å². The number of hydrogen-bond acceptors (Lipinski definition) is 4. The van der Waals surface area contributed by atoms with Crippen molar-refractivity contribution in [3.63, 3.8) is 0 Å². The van der Waals surface area contributed by atoms with Crippen molar-refractivity contribution >= 4 is 17.2 Å². The Bertz CT molecular complexity index is 387. The van der Waals surface area contributed by atoms with Gasteiger partial charge in [-0.2, -0.15) is 0 Å². The zero-order valence-electron chi connectivity index (χ0n) is 11.7. The Morgan fingerprint density at radius 1 is 1.37 bits per heavy atom. The van der Waals surface area contributed by atoms with Crippen LogP contribution in [-0.2, 0) is 4.79 Å². The second-order valence-electron chi connectivity index (χ2n) is 5.32. The zero-order valence-corrected chi connectivity index (χ0v) is 12.5. The molecule has 0 bridgehead atoms. The molecule has 1 aliphatic rings. The van der Waals surface area contributed by atoms with Crippen molar-refractivity contribution in [2.75, 3.05) is 0 Å². The molecule has 1 saturated carbocycles. The van der Waals surface area contributed by atoms with Gasteiger partial charge in [-0.15, -0.1) is 11.3 Å². The smallest absolute Gasteiger partial charge is 0.237 e. The van der Waals surface area contributed by atoms with E-state index in [-0.39, 0.29) is 18.0 Å². The van der Waals surface area contributed by atoms with Gasteiger partial charge in [0.1, 0.15) is 5.01 Å². The third-order valence-electron chi connectivity index (χ3n) is 3.67. The summed E-state index contributed by atoms with van der Waals surface area (Å²) in [6, 6.07) is 0.314. The number of carbonyl (C=O) groups excluding carboxylic acids is 1. The summed E-state index contributed by atoms with van der Waals surface area (Å²) in [7, 11) is 0. The minimum absolute atomic E-state index is 0.107. The molecule has 2 N–H and O–H groups in total. The Hall–Kier alpha value is -0.940. The van der Waals surface area contributed by atoms with Crippen LogP contribution in [0.15, 0.2) is 11.6 Å². The number of hydrogen-bond donors (Lipinski definition) is 2. The highest BCUT2D eigenvalue weighted by molar-refractivity contribution is 7.09. The Kier molecular flexibility index (Phi) is 5.34. The molecule has 0 saturated heterocycles. The molecule has 0 spiro atoms. The van der Waals surface area contributed by atoms with Gasteiger partial charge in [0.25, 0.3) is 0 Å². The fraction of sp³-hybridized carbons (Fsp3) is 0.714. The topological polar surface area (TPSA) is 54.0 Å². The van der Waals surface area contributed by atoms with Crippen molar-refractivity contribution in [3.05, 3.63) is 16.6 Å². The molecule has 0 radical (unpaired) electrons. The molecule has 2 rings (SSSR count). The van der Waals surface area contributed by atoms with Crippen LogP contribution in [0.4, 0.5) is 0 Å². The second-order valence-corrected chi connectivity index (χ2v) is 6.25. The van der Waals surface area contributed by atoms with Gasteiger partial charge in [-0.3, -0.25) is 10.1 Å². The van der Waals surface area contributed by atoms with Gasteiger partial charge in [-0.1, -0.05) is 19.3 Å². The molecule has 1 fully saturated rings. The largest absolute Gasteiger partial charge is 0.352 e. The standard InChI is InChI=1S/C14H23N3OS/c1-10(16-11(2)14-15-8-9-19-14)13(18)17-12-6-4-3-5-7-12/h8-12,16H,3-7H2,1-2H3,(H,17,18). The van der Waals surface area contributed by atoms with E-state index in [0.717, 1.165) is 17.8 Å². The van der Waals surface area contributed by atoms with Gasteiger partial charge in [-0.25, -0.2) is 4.98 Å². The number of nitrogens with zero attached hydrogens (tertiary/aromatic N) is 1. The average Bonchev–Trinajstić information content (AvgIpc) is 2.93. The summed E-state index contributed by atoms with van der Waals surface area (Å²) in [5.74, 6) is 0.107. The van der Waals surface area contributed by atoms with E-state index < -0.39 is 0 Å². The molecule has 1 aromatic heterocycles. The fourth-order valence-electron chi connectivity index (χ4n) is 2.54. The van der Waals surface area contributed by atoms with Gasteiger partial charge in [0.2, 0.25) is 5.91 Å². The fourth-order valence-corrected chi connectivity index (χ4v) is 3.20. The quantitative estimate of drug-likeness (QED) is 0.872. The number of nitrogens with one attached hydrogen (secondary N) is 2. The van der Waals surface area contributed by atoms with Crippen LogP contribution in [-0.4, -0.2) is 23.0 Å². The molecule has 1 heterocycles.